The van der Waals surface area contributed by atoms with Gasteiger partial charge in [-0.15, -0.1) is 0 Å². The third kappa shape index (κ3) is 5.05. The summed E-state index contributed by atoms with van der Waals surface area (Å²) in [6.45, 7) is 7.97. The van der Waals surface area contributed by atoms with Gasteiger partial charge in [-0.05, 0) is 26.0 Å². The highest BCUT2D eigenvalue weighted by Crippen LogP contribution is 2.28. The first-order valence-corrected chi connectivity index (χ1v) is 9.30. The number of halogens is 3. The van der Waals surface area contributed by atoms with Crippen LogP contribution in [0.5, 0.6) is 0 Å². The van der Waals surface area contributed by atoms with E-state index in [1.807, 2.05) is 13.0 Å². The molecule has 0 atom stereocenters. The summed E-state index contributed by atoms with van der Waals surface area (Å²) >= 11 is 0. The number of rotatable bonds is 7. The minimum absolute atomic E-state index is 0.00497. The summed E-state index contributed by atoms with van der Waals surface area (Å²) < 4.78 is 37.9. The fourth-order valence-electron chi connectivity index (χ4n) is 2.83. The number of nitrogens with zero attached hydrogens (tertiary/aromatic N) is 6. The van der Waals surface area contributed by atoms with Gasteiger partial charge in [-0.1, -0.05) is 18.2 Å². The second kappa shape index (κ2) is 8.94. The minimum Gasteiger partial charge on any atom is -0.349 e. The van der Waals surface area contributed by atoms with Crippen LogP contribution in [0.25, 0.3) is 5.69 Å². The number of amides is 1. The standard InChI is InChI=1S/C20H20F3N7O/c1-4-29(14(3)10-24-19-25-11-15(12-26-19)20(21,22)23)18(31)16-9-13(2)5-6-17(16)30-27-7-8-28-30/h5-9,11-12H,3-4,10H2,1-2H3,(H,24,25,26). The van der Waals surface area contributed by atoms with E-state index in [9.17, 15) is 18.0 Å². The number of carbonyl (C=O) groups excluding carboxylic acids is 1. The maximum absolute atomic E-state index is 13.3. The van der Waals surface area contributed by atoms with E-state index in [1.165, 1.54) is 22.1 Å². The maximum Gasteiger partial charge on any atom is 0.419 e. The predicted molar refractivity (Wildman–Crippen MR) is 107 cm³/mol. The van der Waals surface area contributed by atoms with Crippen LogP contribution in [0.2, 0.25) is 0 Å². The molecule has 0 spiro atoms. The molecular formula is C20H20F3N7O. The number of hydrogen-bond donors (Lipinski definition) is 1. The number of aromatic nitrogens is 5. The number of likely N-dealkylation sites (N-methyl/N-ethyl adjacent to an activating group) is 1. The summed E-state index contributed by atoms with van der Waals surface area (Å²) in [6, 6.07) is 5.35. The molecule has 0 fully saturated rings. The molecule has 0 unspecified atom stereocenters. The van der Waals surface area contributed by atoms with E-state index in [-0.39, 0.29) is 18.4 Å². The highest BCUT2D eigenvalue weighted by molar-refractivity contribution is 5.99. The molecule has 31 heavy (non-hydrogen) atoms. The van der Waals surface area contributed by atoms with Crippen LogP contribution in [0.1, 0.15) is 28.4 Å². The molecule has 0 aliphatic rings. The van der Waals surface area contributed by atoms with Crippen molar-refractivity contribution in [3.05, 3.63) is 72.0 Å². The van der Waals surface area contributed by atoms with Gasteiger partial charge in [0.25, 0.3) is 5.91 Å². The van der Waals surface area contributed by atoms with Crippen molar-refractivity contribution in [3.8, 4) is 5.69 Å². The molecule has 0 aliphatic carbocycles. The summed E-state index contributed by atoms with van der Waals surface area (Å²) in [6.07, 6.45) is -0.104. The lowest BCUT2D eigenvalue weighted by Gasteiger charge is -2.24. The molecule has 162 valence electrons. The number of nitrogens with one attached hydrogen (secondary N) is 1. The van der Waals surface area contributed by atoms with E-state index >= 15 is 0 Å². The summed E-state index contributed by atoms with van der Waals surface area (Å²) in [4.78, 5) is 23.4. The Labute approximate surface area is 176 Å². The smallest absolute Gasteiger partial charge is 0.349 e. The molecular weight excluding hydrogens is 411 g/mol. The first-order chi connectivity index (χ1) is 14.7. The van der Waals surface area contributed by atoms with Crippen molar-refractivity contribution in [1.82, 2.24) is 29.9 Å². The predicted octanol–water partition coefficient (Wildman–Crippen LogP) is 3.47. The van der Waals surface area contributed by atoms with Gasteiger partial charge in [0.1, 0.15) is 0 Å². The molecule has 3 rings (SSSR count). The second-order valence-electron chi connectivity index (χ2n) is 6.60. The molecule has 2 aromatic heterocycles. The number of carbonyl (C=O) groups is 1. The Hall–Kier alpha value is -3.76. The number of anilines is 1. The summed E-state index contributed by atoms with van der Waals surface area (Å²) in [5.74, 6) is -0.312. The molecule has 2 heterocycles. The number of alkyl halides is 3. The molecule has 11 heteroatoms. The quantitative estimate of drug-likeness (QED) is 0.616. The zero-order chi connectivity index (χ0) is 22.6. The van der Waals surface area contributed by atoms with Crippen molar-refractivity contribution >= 4 is 11.9 Å². The van der Waals surface area contributed by atoms with Crippen LogP contribution in [0.15, 0.2) is 55.3 Å². The average molecular weight is 431 g/mol. The van der Waals surface area contributed by atoms with E-state index in [0.29, 0.717) is 35.9 Å². The topological polar surface area (TPSA) is 88.8 Å². The third-order valence-corrected chi connectivity index (χ3v) is 4.39. The number of aryl methyl sites for hydroxylation is 1. The lowest BCUT2D eigenvalue weighted by Crippen LogP contribution is -2.33. The van der Waals surface area contributed by atoms with Gasteiger partial charge in [0.2, 0.25) is 5.95 Å². The van der Waals surface area contributed by atoms with E-state index in [1.54, 1.807) is 19.1 Å². The fourth-order valence-corrected chi connectivity index (χ4v) is 2.83. The Morgan fingerprint density at radius 3 is 2.42 bits per heavy atom. The van der Waals surface area contributed by atoms with Crippen molar-refractivity contribution in [1.29, 1.82) is 0 Å². The number of benzene rings is 1. The summed E-state index contributed by atoms with van der Waals surface area (Å²) in [5, 5.41) is 11.0. The Kier molecular flexibility index (Phi) is 6.33. The van der Waals surface area contributed by atoms with Gasteiger partial charge in [0, 0.05) is 24.6 Å². The van der Waals surface area contributed by atoms with Crippen LogP contribution in [0.3, 0.4) is 0 Å². The van der Waals surface area contributed by atoms with Gasteiger partial charge < -0.3 is 10.2 Å². The molecule has 8 nitrogen and oxygen atoms in total. The van der Waals surface area contributed by atoms with Crippen molar-refractivity contribution in [2.24, 2.45) is 0 Å². The molecule has 0 saturated carbocycles. The van der Waals surface area contributed by atoms with Crippen LogP contribution in [0.4, 0.5) is 19.1 Å². The minimum atomic E-state index is -4.51. The van der Waals surface area contributed by atoms with E-state index in [2.05, 4.69) is 32.1 Å². The van der Waals surface area contributed by atoms with Gasteiger partial charge in [0.05, 0.1) is 35.8 Å². The Bertz CT molecular complexity index is 1060. The van der Waals surface area contributed by atoms with Gasteiger partial charge in [0.15, 0.2) is 0 Å². The van der Waals surface area contributed by atoms with Crippen molar-refractivity contribution < 1.29 is 18.0 Å². The van der Waals surface area contributed by atoms with Crippen LogP contribution < -0.4 is 5.32 Å². The molecule has 1 N–H and O–H groups in total. The van der Waals surface area contributed by atoms with Crippen LogP contribution >= 0.6 is 0 Å². The molecule has 0 saturated heterocycles. The first kappa shape index (κ1) is 21.9. The average Bonchev–Trinajstić information content (AvgIpc) is 3.27. The monoisotopic (exact) mass is 431 g/mol. The summed E-state index contributed by atoms with van der Waals surface area (Å²) in [7, 11) is 0. The maximum atomic E-state index is 13.3. The number of hydrogen-bond acceptors (Lipinski definition) is 6. The molecule has 0 bridgehead atoms. The second-order valence-corrected chi connectivity index (χ2v) is 6.60. The van der Waals surface area contributed by atoms with Crippen LogP contribution in [-0.2, 0) is 6.18 Å². The Morgan fingerprint density at radius 1 is 1.19 bits per heavy atom. The van der Waals surface area contributed by atoms with Crippen LogP contribution in [-0.4, -0.2) is 48.9 Å². The molecule has 3 aromatic rings. The third-order valence-electron chi connectivity index (χ3n) is 4.39. The zero-order valence-corrected chi connectivity index (χ0v) is 16.9. The largest absolute Gasteiger partial charge is 0.419 e. The van der Waals surface area contributed by atoms with Crippen molar-refractivity contribution in [2.75, 3.05) is 18.4 Å². The fraction of sp³-hybridized carbons (Fsp3) is 0.250. The first-order valence-electron chi connectivity index (χ1n) is 9.30. The summed E-state index contributed by atoms with van der Waals surface area (Å²) in [5.41, 5.74) is 1.26. The lowest BCUT2D eigenvalue weighted by molar-refractivity contribution is -0.138. The van der Waals surface area contributed by atoms with Gasteiger partial charge in [-0.25, -0.2) is 9.97 Å². The Balaban J connectivity index is 1.75. The van der Waals surface area contributed by atoms with E-state index in [0.717, 1.165) is 5.56 Å². The lowest BCUT2D eigenvalue weighted by atomic mass is 10.1. The van der Waals surface area contributed by atoms with Crippen molar-refractivity contribution in [2.45, 2.75) is 20.0 Å². The SMILES string of the molecule is C=C(CNc1ncc(C(F)(F)F)cn1)N(CC)C(=O)c1cc(C)ccc1-n1nccn1. The van der Waals surface area contributed by atoms with E-state index in [4.69, 9.17) is 0 Å². The molecule has 0 aliphatic heterocycles. The van der Waals surface area contributed by atoms with Gasteiger partial charge >= 0.3 is 6.18 Å². The highest BCUT2D eigenvalue weighted by Gasteiger charge is 2.31. The highest BCUT2D eigenvalue weighted by atomic mass is 19.4. The zero-order valence-electron chi connectivity index (χ0n) is 16.9. The van der Waals surface area contributed by atoms with Crippen LogP contribution in [0, 0.1) is 6.92 Å². The van der Waals surface area contributed by atoms with Gasteiger partial charge in [-0.3, -0.25) is 4.79 Å². The Morgan fingerprint density at radius 2 is 1.84 bits per heavy atom. The van der Waals surface area contributed by atoms with E-state index < -0.39 is 11.7 Å². The molecule has 1 amide bonds. The molecule has 1 aromatic carbocycles. The molecule has 0 radical (unpaired) electrons. The van der Waals surface area contributed by atoms with Gasteiger partial charge in [-0.2, -0.15) is 28.2 Å². The van der Waals surface area contributed by atoms with Crippen molar-refractivity contribution in [3.63, 3.8) is 0 Å². The normalized spacial score (nSPS) is 11.3.